The van der Waals surface area contributed by atoms with Crippen LogP contribution in [0.4, 0.5) is 13.2 Å². The summed E-state index contributed by atoms with van der Waals surface area (Å²) in [6.07, 6.45) is -3.89. The van der Waals surface area contributed by atoms with Crippen LogP contribution in [-0.2, 0) is 17.4 Å². The van der Waals surface area contributed by atoms with Crippen molar-refractivity contribution in [3.63, 3.8) is 0 Å². The lowest BCUT2D eigenvalue weighted by Gasteiger charge is -2.11. The number of nitrogens with one attached hydrogen (secondary N) is 1. The highest BCUT2D eigenvalue weighted by Gasteiger charge is 2.33. The van der Waals surface area contributed by atoms with Crippen molar-refractivity contribution in [2.24, 2.45) is 0 Å². The van der Waals surface area contributed by atoms with Crippen molar-refractivity contribution in [2.75, 3.05) is 26.5 Å². The zero-order valence-corrected chi connectivity index (χ0v) is 19.5. The van der Waals surface area contributed by atoms with Crippen LogP contribution in [0.15, 0.2) is 59.8 Å². The second-order valence-corrected chi connectivity index (χ2v) is 8.22. The molecule has 2 aromatic carbocycles. The molecule has 10 heteroatoms. The van der Waals surface area contributed by atoms with Crippen molar-refractivity contribution < 1.29 is 27.4 Å². The van der Waals surface area contributed by atoms with E-state index in [-0.39, 0.29) is 28.9 Å². The average Bonchev–Trinajstić information content (AvgIpc) is 2.83. The molecule has 1 amide bonds. The third kappa shape index (κ3) is 7.11. The molecule has 1 aromatic heterocycles. The largest absolute Gasteiger partial charge is 0.497 e. The predicted molar refractivity (Wildman–Crippen MR) is 124 cm³/mol. The van der Waals surface area contributed by atoms with E-state index in [0.717, 1.165) is 29.1 Å². The fraction of sp³-hybridized carbons (Fsp3) is 0.292. The number of thioether (sulfide) groups is 1. The Morgan fingerprint density at radius 1 is 1.03 bits per heavy atom. The van der Waals surface area contributed by atoms with Gasteiger partial charge in [-0.3, -0.25) is 4.79 Å². The highest BCUT2D eigenvalue weighted by atomic mass is 32.2. The molecule has 0 bridgehead atoms. The van der Waals surface area contributed by atoms with Crippen LogP contribution in [0.25, 0.3) is 11.3 Å². The van der Waals surface area contributed by atoms with Gasteiger partial charge in [-0.1, -0.05) is 30.0 Å². The summed E-state index contributed by atoms with van der Waals surface area (Å²) in [5.74, 6) is 1.37. The number of rotatable bonds is 10. The Kier molecular flexibility index (Phi) is 8.75. The minimum Gasteiger partial charge on any atom is -0.497 e. The van der Waals surface area contributed by atoms with Crippen LogP contribution in [-0.4, -0.2) is 42.4 Å². The van der Waals surface area contributed by atoms with E-state index in [1.807, 2.05) is 24.3 Å². The molecule has 1 N–H and O–H groups in total. The number of hydrogen-bond donors (Lipinski definition) is 1. The lowest BCUT2D eigenvalue weighted by atomic mass is 10.1. The lowest BCUT2D eigenvalue weighted by Crippen LogP contribution is -2.26. The van der Waals surface area contributed by atoms with Gasteiger partial charge in [0.1, 0.15) is 17.2 Å². The van der Waals surface area contributed by atoms with E-state index in [1.54, 1.807) is 31.4 Å². The third-order valence-electron chi connectivity index (χ3n) is 4.85. The topological polar surface area (TPSA) is 73.3 Å². The summed E-state index contributed by atoms with van der Waals surface area (Å²) in [5, 5.41) is 2.77. The Morgan fingerprint density at radius 2 is 1.76 bits per heavy atom. The van der Waals surface area contributed by atoms with Gasteiger partial charge in [0, 0.05) is 24.3 Å². The number of aromatic nitrogens is 2. The monoisotopic (exact) mass is 491 g/mol. The minimum atomic E-state index is -4.62. The molecule has 0 spiro atoms. The van der Waals surface area contributed by atoms with Gasteiger partial charge in [-0.2, -0.15) is 13.2 Å². The van der Waals surface area contributed by atoms with Crippen LogP contribution in [0, 0.1) is 0 Å². The van der Waals surface area contributed by atoms with Crippen molar-refractivity contribution in [3.05, 3.63) is 65.9 Å². The summed E-state index contributed by atoms with van der Waals surface area (Å²) in [4.78, 5) is 20.1. The summed E-state index contributed by atoms with van der Waals surface area (Å²) >= 11 is 1.00. The predicted octanol–water partition coefficient (Wildman–Crippen LogP) is 5.02. The van der Waals surface area contributed by atoms with E-state index in [2.05, 4.69) is 15.3 Å². The van der Waals surface area contributed by atoms with Gasteiger partial charge in [0.2, 0.25) is 5.91 Å². The number of ether oxygens (including phenoxy) is 2. The van der Waals surface area contributed by atoms with Crippen LogP contribution in [0.1, 0.15) is 17.7 Å². The van der Waals surface area contributed by atoms with E-state index in [1.165, 1.54) is 7.11 Å². The number of alkyl halides is 3. The first kappa shape index (κ1) is 25.4. The van der Waals surface area contributed by atoms with E-state index < -0.39 is 11.9 Å². The molecular weight excluding hydrogens is 467 g/mol. The second-order valence-electron chi connectivity index (χ2n) is 7.16. The van der Waals surface area contributed by atoms with Crippen LogP contribution >= 0.6 is 11.8 Å². The lowest BCUT2D eigenvalue weighted by molar-refractivity contribution is -0.141. The number of hydrogen-bond acceptors (Lipinski definition) is 6. The SMILES string of the molecule is COc1ccc(-c2cc(C(F)(F)F)nc(SCCC(=O)NCCc3ccccc3OC)n2)cc1. The molecular formula is C24H24F3N3O3S. The molecule has 3 rings (SSSR count). The molecule has 0 saturated carbocycles. The maximum absolute atomic E-state index is 13.4. The van der Waals surface area contributed by atoms with Gasteiger partial charge in [0.15, 0.2) is 5.16 Å². The Balaban J connectivity index is 1.59. The first-order valence-corrected chi connectivity index (χ1v) is 11.4. The Morgan fingerprint density at radius 3 is 2.44 bits per heavy atom. The van der Waals surface area contributed by atoms with Gasteiger partial charge in [0.25, 0.3) is 0 Å². The van der Waals surface area contributed by atoms with E-state index in [0.29, 0.717) is 24.3 Å². The number of benzene rings is 2. The number of amides is 1. The zero-order valence-electron chi connectivity index (χ0n) is 18.7. The molecule has 0 fully saturated rings. The Labute approximate surface area is 199 Å². The van der Waals surface area contributed by atoms with E-state index >= 15 is 0 Å². The zero-order chi connectivity index (χ0) is 24.6. The average molecular weight is 492 g/mol. The molecule has 0 radical (unpaired) electrons. The molecule has 6 nitrogen and oxygen atoms in total. The van der Waals surface area contributed by atoms with Crippen LogP contribution in [0.2, 0.25) is 0 Å². The number of para-hydroxylation sites is 1. The Bertz CT molecular complexity index is 1110. The van der Waals surface area contributed by atoms with Crippen molar-refractivity contribution >= 4 is 17.7 Å². The Hall–Kier alpha value is -3.27. The van der Waals surface area contributed by atoms with E-state index in [4.69, 9.17) is 9.47 Å². The molecule has 1 heterocycles. The number of halogens is 3. The molecule has 180 valence electrons. The highest BCUT2D eigenvalue weighted by Crippen LogP contribution is 2.32. The number of carbonyl (C=O) groups excluding carboxylic acids is 1. The third-order valence-corrected chi connectivity index (χ3v) is 5.70. The first-order chi connectivity index (χ1) is 16.3. The number of methoxy groups -OCH3 is 2. The van der Waals surface area contributed by atoms with E-state index in [9.17, 15) is 18.0 Å². The summed E-state index contributed by atoms with van der Waals surface area (Å²) < 4.78 is 50.5. The van der Waals surface area contributed by atoms with Gasteiger partial charge in [-0.15, -0.1) is 0 Å². The summed E-state index contributed by atoms with van der Waals surface area (Å²) in [6, 6.07) is 15.0. The fourth-order valence-corrected chi connectivity index (χ4v) is 3.91. The van der Waals surface area contributed by atoms with Gasteiger partial charge < -0.3 is 14.8 Å². The fourth-order valence-electron chi connectivity index (χ4n) is 3.11. The van der Waals surface area contributed by atoms with Crippen molar-refractivity contribution in [1.29, 1.82) is 0 Å². The number of nitrogens with zero attached hydrogens (tertiary/aromatic N) is 2. The van der Waals surface area contributed by atoms with Crippen molar-refractivity contribution in [3.8, 4) is 22.8 Å². The van der Waals surface area contributed by atoms with Crippen molar-refractivity contribution in [1.82, 2.24) is 15.3 Å². The van der Waals surface area contributed by atoms with Crippen molar-refractivity contribution in [2.45, 2.75) is 24.2 Å². The van der Waals surface area contributed by atoms with Gasteiger partial charge in [-0.05, 0) is 48.4 Å². The first-order valence-electron chi connectivity index (χ1n) is 10.4. The molecule has 0 aliphatic rings. The van der Waals surface area contributed by atoms with Crippen LogP contribution < -0.4 is 14.8 Å². The summed E-state index contributed by atoms with van der Waals surface area (Å²) in [7, 11) is 3.09. The molecule has 0 atom stereocenters. The quantitative estimate of drug-likeness (QED) is 0.317. The molecule has 3 aromatic rings. The molecule has 34 heavy (non-hydrogen) atoms. The highest BCUT2D eigenvalue weighted by molar-refractivity contribution is 7.99. The second kappa shape index (κ2) is 11.7. The minimum absolute atomic E-state index is 0.0394. The maximum Gasteiger partial charge on any atom is 0.433 e. The van der Waals surface area contributed by atoms with Crippen LogP contribution in [0.5, 0.6) is 11.5 Å². The summed E-state index contributed by atoms with van der Waals surface area (Å²) in [5.41, 5.74) is 0.596. The summed E-state index contributed by atoms with van der Waals surface area (Å²) in [6.45, 7) is 0.422. The van der Waals surface area contributed by atoms with Crippen LogP contribution in [0.3, 0.4) is 0 Å². The molecule has 0 aliphatic carbocycles. The normalized spacial score (nSPS) is 11.2. The standard InChI is InChI=1S/C24H24F3N3O3S/c1-32-18-9-7-16(8-10-18)19-15-21(24(25,26)27)30-23(29-19)34-14-12-22(31)28-13-11-17-5-3-4-6-20(17)33-2/h3-10,15H,11-14H2,1-2H3,(H,28,31). The molecule has 0 unspecified atom stereocenters. The maximum atomic E-state index is 13.4. The van der Waals surface area contributed by atoms with Gasteiger partial charge >= 0.3 is 6.18 Å². The van der Waals surface area contributed by atoms with Gasteiger partial charge in [-0.25, -0.2) is 9.97 Å². The molecule has 0 saturated heterocycles. The van der Waals surface area contributed by atoms with Gasteiger partial charge in [0.05, 0.1) is 19.9 Å². The smallest absolute Gasteiger partial charge is 0.433 e. The molecule has 0 aliphatic heterocycles. The number of carbonyl (C=O) groups is 1.